The van der Waals surface area contributed by atoms with Crippen LogP contribution in [0.3, 0.4) is 0 Å². The van der Waals surface area contributed by atoms with Crippen LogP contribution in [0, 0.1) is 58.0 Å². The standard InChI is InChI=1S/2C14H20N2O2.C14H18N2O2.CH4O.CH3O.CH4.Na.H2/c1-13(2)10-4-5-15-11(17)7-14(10,3)6-9-8-16-18-12(9)13;2*1-13(2)10-5-6-16-11(17)8-14(10,3)7-9(15-4)12(13)18;2*1-2;;;/h8,10H,4-7H2,1-3H3,(H,15,17);10,18H,5-8H2,1-3H3,(H,16,17);7,10H,5-6,8H2,1-3H3,(H,16,17);2H,1H3;1H3;1H4;;1H/q;;;;-1;;+1;/t3*10-,14+;;;;;/m000...../s1/i;;;;;;;1+1D. The van der Waals surface area contributed by atoms with E-state index in [0.717, 1.165) is 52.2 Å². The molecule has 60 heavy (non-hydrogen) atoms. The Morgan fingerprint density at radius 3 is 1.67 bits per heavy atom. The minimum Gasteiger partial charge on any atom is -0.857 e. The summed E-state index contributed by atoms with van der Waals surface area (Å²) in [7, 11) is 1.75. The molecule has 0 unspecified atom stereocenters. The van der Waals surface area contributed by atoms with Gasteiger partial charge < -0.3 is 40.6 Å². The van der Waals surface area contributed by atoms with Gasteiger partial charge in [-0.25, -0.2) is 9.69 Å². The Balaban J connectivity index is 0.000000835. The number of nitrogens with zero attached hydrogens (tertiary/aromatic N) is 3. The summed E-state index contributed by atoms with van der Waals surface area (Å²) in [5, 5.41) is 38.2. The molecule has 0 aromatic carbocycles. The summed E-state index contributed by atoms with van der Waals surface area (Å²) in [5.41, 5.74) is 0.131. The first-order valence-corrected chi connectivity index (χ1v) is 20.1. The van der Waals surface area contributed by atoms with E-state index in [9.17, 15) is 24.3 Å². The molecule has 1 aromatic heterocycles. The van der Waals surface area contributed by atoms with Crippen LogP contribution in [0.1, 0.15) is 129 Å². The smallest absolute Gasteiger partial charge is 0.857 e. The molecule has 15 heteroatoms. The monoisotopic (exact) mass is 849 g/mol. The van der Waals surface area contributed by atoms with Gasteiger partial charge in [-0.05, 0) is 66.1 Å². The minimum atomic E-state index is -0.574. The summed E-state index contributed by atoms with van der Waals surface area (Å²) >= 11 is 0. The van der Waals surface area contributed by atoms with Crippen LogP contribution in [0.25, 0.3) is 9.69 Å². The minimum absolute atomic E-state index is 0. The molecule has 3 fully saturated rings. The van der Waals surface area contributed by atoms with Crippen molar-refractivity contribution in [2.45, 2.75) is 127 Å². The third-order valence-corrected chi connectivity index (χ3v) is 13.8. The number of nitrogens with one attached hydrogen (secondary N) is 3. The maximum atomic E-state index is 12.3. The fraction of sp³-hybridized carbons (Fsp3) is 0.711. The number of rotatable bonds is 0. The number of Topliss-reactive ketones (excluding diaryl/α,β-unsaturated/α-hetero) is 1. The Hall–Kier alpha value is -3.53. The van der Waals surface area contributed by atoms with Gasteiger partial charge in [0.2, 0.25) is 29.1 Å². The van der Waals surface area contributed by atoms with Gasteiger partial charge in [-0.3, -0.25) is 14.4 Å². The molecule has 4 heterocycles. The van der Waals surface area contributed by atoms with Crippen LogP contribution in [0.15, 0.2) is 33.9 Å². The number of hydrogen-bond donors (Lipinski definition) is 5. The summed E-state index contributed by atoms with van der Waals surface area (Å²) in [6.45, 7) is 34.9. The number of amides is 3. The predicted octanol–water partition coefficient (Wildman–Crippen LogP) is 3.08. The normalized spacial score (nSPS) is 31.6. The molecular formula is C45H71N6NaO8. The average Bonchev–Trinajstić information content (AvgIpc) is 3.44. The second kappa shape index (κ2) is 21.0. The summed E-state index contributed by atoms with van der Waals surface area (Å²) in [5.74, 6) is 2.15. The fourth-order valence-corrected chi connectivity index (χ4v) is 11.5. The van der Waals surface area contributed by atoms with Gasteiger partial charge >= 0.3 is 29.6 Å². The number of aromatic nitrogens is 1. The number of ketones is 1. The Bertz CT molecular complexity index is 1880. The van der Waals surface area contributed by atoms with Crippen molar-refractivity contribution >= 4 is 23.5 Å². The van der Waals surface area contributed by atoms with Gasteiger partial charge in [-0.15, -0.1) is 0 Å². The summed E-state index contributed by atoms with van der Waals surface area (Å²) < 4.78 is 15.5. The van der Waals surface area contributed by atoms with Crippen molar-refractivity contribution in [3.8, 4) is 0 Å². The van der Waals surface area contributed by atoms with Crippen LogP contribution in [-0.2, 0) is 31.0 Å². The Kier molecular flexibility index (Phi) is 18.4. The molecule has 0 radical (unpaired) electrons. The average molecular weight is 849 g/mol. The number of allylic oxidation sites excluding steroid dienone is 4. The second-order valence-electron chi connectivity index (χ2n) is 19.0. The van der Waals surface area contributed by atoms with Gasteiger partial charge in [0, 0.05) is 70.8 Å². The SMILES string of the molecule is C.CC1(C)c2oncc2C[C@]2(C)CC(=O)NCC[C@@H]12.CO.C[O-].[2H][2H].[C-]#[N+]C1=C(O)C(C)(C)[C@@H]2CCNC(=O)C[C@@]2(C)C1.[C-]#[N+]C1=C[C@]2(C)CC(=O)NCC[C@H]2C(C)(C)C1=O.[Na+]. The predicted molar refractivity (Wildman–Crippen MR) is 226 cm³/mol. The molecule has 1 aromatic rings. The molecule has 3 aliphatic heterocycles. The molecule has 3 saturated heterocycles. The number of aliphatic hydroxyl groups is 2. The van der Waals surface area contributed by atoms with Gasteiger partial charge in [0.05, 0.1) is 19.3 Å². The molecule has 3 amide bonds. The Labute approximate surface area is 383 Å². The number of hydrogen-bond acceptors (Lipinski definition) is 9. The van der Waals surface area contributed by atoms with E-state index in [1.807, 2.05) is 40.8 Å². The zero-order valence-electron chi connectivity index (χ0n) is 39.4. The first-order chi connectivity index (χ1) is 28.1. The van der Waals surface area contributed by atoms with E-state index in [1.54, 1.807) is 6.08 Å². The second-order valence-corrected chi connectivity index (χ2v) is 19.0. The number of aliphatic hydroxyl groups excluding tert-OH is 2. The molecule has 3 aliphatic carbocycles. The van der Waals surface area contributed by atoms with Crippen LogP contribution in [0.4, 0.5) is 0 Å². The van der Waals surface area contributed by atoms with Crippen molar-refractivity contribution in [3.05, 3.63) is 63.6 Å². The maximum absolute atomic E-state index is 12.3. The molecule has 0 saturated carbocycles. The van der Waals surface area contributed by atoms with E-state index in [-0.39, 0.29) is 100 Å². The summed E-state index contributed by atoms with van der Waals surface area (Å²) in [6.07, 6.45) is 8.98. The van der Waals surface area contributed by atoms with Gasteiger partial charge in [0.25, 0.3) is 0 Å². The van der Waals surface area contributed by atoms with Crippen molar-refractivity contribution in [1.82, 2.24) is 21.1 Å². The molecule has 14 nitrogen and oxygen atoms in total. The van der Waals surface area contributed by atoms with Crippen molar-refractivity contribution in [3.63, 3.8) is 0 Å². The largest absolute Gasteiger partial charge is 1.00 e. The van der Waals surface area contributed by atoms with Gasteiger partial charge in [0.15, 0.2) is 5.78 Å². The summed E-state index contributed by atoms with van der Waals surface area (Å²) in [4.78, 5) is 54.4. The van der Waals surface area contributed by atoms with E-state index >= 15 is 0 Å². The van der Waals surface area contributed by atoms with Crippen LogP contribution in [0.5, 0.6) is 0 Å². The first kappa shape index (κ1) is 52.6. The molecule has 7 rings (SSSR count). The number of carbonyl (C=O) groups is 4. The molecule has 5 N–H and O–H groups in total. The van der Waals surface area contributed by atoms with E-state index in [1.165, 1.54) is 5.56 Å². The molecule has 0 spiro atoms. The number of carbonyl (C=O) groups excluding carboxylic acids is 4. The van der Waals surface area contributed by atoms with E-state index in [0.29, 0.717) is 50.4 Å². The topological polar surface area (TPSA) is 203 Å². The third-order valence-electron chi connectivity index (χ3n) is 13.8. The number of fused-ring (bicyclic) bond motifs is 4. The van der Waals surface area contributed by atoms with Crippen LogP contribution >= 0.6 is 0 Å². The Morgan fingerprint density at radius 1 is 0.733 bits per heavy atom. The van der Waals surface area contributed by atoms with E-state index < -0.39 is 16.2 Å². The molecule has 330 valence electrons. The first-order valence-electron chi connectivity index (χ1n) is 21.1. The third kappa shape index (κ3) is 10.7. The van der Waals surface area contributed by atoms with Crippen LogP contribution in [0.2, 0.25) is 0 Å². The Morgan fingerprint density at radius 2 is 1.18 bits per heavy atom. The zero-order chi connectivity index (χ0) is 46.1. The van der Waals surface area contributed by atoms with Gasteiger partial charge in [0.1, 0.15) is 11.5 Å². The van der Waals surface area contributed by atoms with Crippen molar-refractivity contribution in [1.29, 1.82) is 0 Å². The molecule has 6 aliphatic rings. The summed E-state index contributed by atoms with van der Waals surface area (Å²) in [6, 6.07) is 0. The maximum Gasteiger partial charge on any atom is 1.00 e. The fourth-order valence-electron chi connectivity index (χ4n) is 11.5. The molecule has 0 bridgehead atoms. The van der Waals surface area contributed by atoms with Crippen molar-refractivity contribution in [2.75, 3.05) is 33.9 Å². The van der Waals surface area contributed by atoms with E-state index in [4.69, 9.17) is 30.9 Å². The van der Waals surface area contributed by atoms with Crippen LogP contribution < -0.4 is 50.6 Å². The van der Waals surface area contributed by atoms with Gasteiger partial charge in [-0.1, -0.05) is 81.0 Å². The molecular weight excluding hydrogens is 776 g/mol. The van der Waals surface area contributed by atoms with Gasteiger partial charge in [-0.2, -0.15) is 7.11 Å². The van der Waals surface area contributed by atoms with Crippen LogP contribution in [-0.4, -0.2) is 72.7 Å². The van der Waals surface area contributed by atoms with Crippen molar-refractivity contribution in [2.24, 2.45) is 44.8 Å². The quantitative estimate of drug-likeness (QED) is 0.192. The zero-order valence-corrected chi connectivity index (χ0v) is 39.4. The van der Waals surface area contributed by atoms with Crippen molar-refractivity contribution < 1.29 is 71.5 Å². The molecule has 6 atom stereocenters. The van der Waals surface area contributed by atoms with E-state index in [2.05, 4.69) is 58.5 Å².